The van der Waals surface area contributed by atoms with Gasteiger partial charge in [-0.15, -0.1) is 0 Å². The molecule has 2 aromatic carbocycles. The van der Waals surface area contributed by atoms with Crippen molar-refractivity contribution in [3.8, 4) is 5.75 Å². The van der Waals surface area contributed by atoms with Gasteiger partial charge in [-0.05, 0) is 18.2 Å². The van der Waals surface area contributed by atoms with Gasteiger partial charge in [0.1, 0.15) is 11.6 Å². The molecule has 1 N–H and O–H groups in total. The van der Waals surface area contributed by atoms with Crippen molar-refractivity contribution >= 4 is 11.8 Å². The quantitative estimate of drug-likeness (QED) is 0.840. The Morgan fingerprint density at radius 1 is 1.12 bits per heavy atom. The molecule has 0 saturated carbocycles. The minimum absolute atomic E-state index is 0.0124. The Labute approximate surface area is 146 Å². The molecular weight excluding hydrogens is 323 g/mol. The average Bonchev–Trinajstić information content (AvgIpc) is 2.61. The summed E-state index contributed by atoms with van der Waals surface area (Å²) in [4.78, 5) is 25.5. The Bertz CT molecular complexity index is 749. The van der Waals surface area contributed by atoms with Gasteiger partial charge in [0, 0.05) is 32.1 Å². The minimum Gasteiger partial charge on any atom is -0.496 e. The highest BCUT2D eigenvalue weighted by molar-refractivity contribution is 5.94. The van der Waals surface area contributed by atoms with E-state index in [9.17, 15) is 14.0 Å². The maximum absolute atomic E-state index is 13.6. The Kier molecular flexibility index (Phi) is 6.51. The molecule has 2 aromatic rings. The summed E-state index contributed by atoms with van der Waals surface area (Å²) < 4.78 is 18.9. The standard InChI is InChI=1S/C19H21FN2O3/c1-14(23)22(13-15-7-3-6-10-18(15)25-2)12-11-21-19(24)16-8-4-5-9-17(16)20/h3-10H,11-13H2,1-2H3,(H,21,24). The summed E-state index contributed by atoms with van der Waals surface area (Å²) >= 11 is 0. The maximum atomic E-state index is 13.6. The molecule has 0 aliphatic heterocycles. The van der Waals surface area contributed by atoms with E-state index < -0.39 is 11.7 Å². The number of ether oxygens (including phenoxy) is 1. The molecule has 0 bridgehead atoms. The zero-order valence-electron chi connectivity index (χ0n) is 14.3. The molecule has 0 fully saturated rings. The van der Waals surface area contributed by atoms with Gasteiger partial charge in [-0.25, -0.2) is 4.39 Å². The van der Waals surface area contributed by atoms with Crippen LogP contribution in [-0.4, -0.2) is 36.9 Å². The highest BCUT2D eigenvalue weighted by Crippen LogP contribution is 2.19. The Hall–Kier alpha value is -2.89. The summed E-state index contributed by atoms with van der Waals surface area (Å²) in [5.41, 5.74) is 0.863. The summed E-state index contributed by atoms with van der Waals surface area (Å²) in [7, 11) is 1.57. The first-order valence-corrected chi connectivity index (χ1v) is 7.93. The van der Waals surface area contributed by atoms with Crippen LogP contribution in [0.2, 0.25) is 0 Å². The van der Waals surface area contributed by atoms with Crippen LogP contribution in [0.5, 0.6) is 5.75 Å². The second-order valence-electron chi connectivity index (χ2n) is 5.49. The molecule has 0 atom stereocenters. The second-order valence-corrected chi connectivity index (χ2v) is 5.49. The number of rotatable bonds is 7. The number of para-hydroxylation sites is 1. The van der Waals surface area contributed by atoms with E-state index in [1.165, 1.54) is 25.1 Å². The number of benzene rings is 2. The summed E-state index contributed by atoms with van der Waals surface area (Å²) in [6.45, 7) is 2.37. The lowest BCUT2D eigenvalue weighted by atomic mass is 10.2. The van der Waals surface area contributed by atoms with E-state index in [-0.39, 0.29) is 18.0 Å². The fourth-order valence-electron chi connectivity index (χ4n) is 2.43. The van der Waals surface area contributed by atoms with Crippen molar-refractivity contribution in [3.05, 3.63) is 65.5 Å². The van der Waals surface area contributed by atoms with E-state index in [1.807, 2.05) is 24.3 Å². The lowest BCUT2D eigenvalue weighted by Gasteiger charge is -2.22. The summed E-state index contributed by atoms with van der Waals surface area (Å²) in [5.74, 6) is -0.494. The lowest BCUT2D eigenvalue weighted by molar-refractivity contribution is -0.129. The van der Waals surface area contributed by atoms with Crippen LogP contribution >= 0.6 is 0 Å². The first-order chi connectivity index (χ1) is 12.0. The zero-order valence-corrected chi connectivity index (χ0v) is 14.3. The van der Waals surface area contributed by atoms with Gasteiger partial charge in [-0.2, -0.15) is 0 Å². The molecule has 0 saturated heterocycles. The second kappa shape index (κ2) is 8.82. The van der Waals surface area contributed by atoms with Crippen molar-refractivity contribution < 1.29 is 18.7 Å². The number of halogens is 1. The molecular formula is C19H21FN2O3. The number of hydrogen-bond acceptors (Lipinski definition) is 3. The SMILES string of the molecule is COc1ccccc1CN(CCNC(=O)c1ccccc1F)C(C)=O. The highest BCUT2D eigenvalue weighted by Gasteiger charge is 2.14. The van der Waals surface area contributed by atoms with Gasteiger partial charge in [0.25, 0.3) is 5.91 Å². The van der Waals surface area contributed by atoms with Crippen molar-refractivity contribution in [2.75, 3.05) is 20.2 Å². The molecule has 0 aliphatic carbocycles. The highest BCUT2D eigenvalue weighted by atomic mass is 19.1. The zero-order chi connectivity index (χ0) is 18.2. The predicted octanol–water partition coefficient (Wildman–Crippen LogP) is 2.61. The van der Waals surface area contributed by atoms with E-state index in [4.69, 9.17) is 4.74 Å². The van der Waals surface area contributed by atoms with Crippen molar-refractivity contribution in [2.24, 2.45) is 0 Å². The van der Waals surface area contributed by atoms with Crippen LogP contribution in [0.1, 0.15) is 22.8 Å². The molecule has 5 nitrogen and oxygen atoms in total. The molecule has 132 valence electrons. The summed E-state index contributed by atoms with van der Waals surface area (Å²) in [5, 5.41) is 2.64. The van der Waals surface area contributed by atoms with E-state index >= 15 is 0 Å². The average molecular weight is 344 g/mol. The Morgan fingerprint density at radius 2 is 1.80 bits per heavy atom. The van der Waals surface area contributed by atoms with Crippen molar-refractivity contribution in [2.45, 2.75) is 13.5 Å². The maximum Gasteiger partial charge on any atom is 0.254 e. The molecule has 0 spiro atoms. The molecule has 2 amide bonds. The molecule has 0 heterocycles. The number of amides is 2. The van der Waals surface area contributed by atoms with Crippen LogP contribution in [0.15, 0.2) is 48.5 Å². The van der Waals surface area contributed by atoms with Crippen LogP contribution in [-0.2, 0) is 11.3 Å². The van der Waals surface area contributed by atoms with Crippen LogP contribution in [0.3, 0.4) is 0 Å². The summed E-state index contributed by atoms with van der Waals surface area (Å²) in [6.07, 6.45) is 0. The van der Waals surface area contributed by atoms with E-state index in [1.54, 1.807) is 18.1 Å². The van der Waals surface area contributed by atoms with Gasteiger partial charge in [0.05, 0.1) is 12.7 Å². The number of nitrogens with zero attached hydrogens (tertiary/aromatic N) is 1. The van der Waals surface area contributed by atoms with Gasteiger partial charge in [-0.3, -0.25) is 9.59 Å². The first kappa shape index (κ1) is 18.4. The van der Waals surface area contributed by atoms with Gasteiger partial charge < -0.3 is 15.0 Å². The van der Waals surface area contributed by atoms with E-state index in [0.717, 1.165) is 5.56 Å². The van der Waals surface area contributed by atoms with Gasteiger partial charge in [-0.1, -0.05) is 30.3 Å². The normalized spacial score (nSPS) is 10.2. The molecule has 0 aromatic heterocycles. The third-order valence-electron chi connectivity index (χ3n) is 3.78. The number of carbonyl (C=O) groups is 2. The minimum atomic E-state index is -0.572. The fourth-order valence-corrected chi connectivity index (χ4v) is 2.43. The molecule has 0 aliphatic rings. The van der Waals surface area contributed by atoms with Crippen LogP contribution in [0.25, 0.3) is 0 Å². The van der Waals surface area contributed by atoms with Gasteiger partial charge in [0.15, 0.2) is 0 Å². The largest absolute Gasteiger partial charge is 0.496 e. The third-order valence-corrected chi connectivity index (χ3v) is 3.78. The van der Waals surface area contributed by atoms with Crippen molar-refractivity contribution in [3.63, 3.8) is 0 Å². The molecule has 0 radical (unpaired) electrons. The molecule has 6 heteroatoms. The Balaban J connectivity index is 1.95. The van der Waals surface area contributed by atoms with Crippen LogP contribution in [0, 0.1) is 5.82 Å². The Morgan fingerprint density at radius 3 is 2.48 bits per heavy atom. The fraction of sp³-hybridized carbons (Fsp3) is 0.263. The number of carbonyl (C=O) groups excluding carboxylic acids is 2. The summed E-state index contributed by atoms with van der Waals surface area (Å²) in [6, 6.07) is 13.2. The third kappa shape index (κ3) is 5.04. The predicted molar refractivity (Wildman–Crippen MR) is 92.8 cm³/mol. The van der Waals surface area contributed by atoms with Crippen LogP contribution in [0.4, 0.5) is 4.39 Å². The van der Waals surface area contributed by atoms with Crippen molar-refractivity contribution in [1.82, 2.24) is 10.2 Å². The smallest absolute Gasteiger partial charge is 0.254 e. The number of nitrogens with one attached hydrogen (secondary N) is 1. The van der Waals surface area contributed by atoms with E-state index in [0.29, 0.717) is 18.8 Å². The molecule has 0 unspecified atom stereocenters. The monoisotopic (exact) mass is 344 g/mol. The lowest BCUT2D eigenvalue weighted by Crippen LogP contribution is -2.37. The van der Waals surface area contributed by atoms with Gasteiger partial charge in [0.2, 0.25) is 5.91 Å². The molecule has 25 heavy (non-hydrogen) atoms. The number of hydrogen-bond donors (Lipinski definition) is 1. The number of methoxy groups -OCH3 is 1. The van der Waals surface area contributed by atoms with Gasteiger partial charge >= 0.3 is 0 Å². The van der Waals surface area contributed by atoms with E-state index in [2.05, 4.69) is 5.32 Å². The van der Waals surface area contributed by atoms with Crippen molar-refractivity contribution in [1.29, 1.82) is 0 Å². The first-order valence-electron chi connectivity index (χ1n) is 7.93. The molecule has 2 rings (SSSR count). The van der Waals surface area contributed by atoms with Crippen LogP contribution < -0.4 is 10.1 Å². The topological polar surface area (TPSA) is 58.6 Å².